The van der Waals surface area contributed by atoms with Gasteiger partial charge in [-0.2, -0.15) is 13.2 Å². The zero-order valence-corrected chi connectivity index (χ0v) is 21.0. The number of ether oxygens (including phenoxy) is 2. The molecule has 0 aliphatic rings. The Hall–Kier alpha value is -4.47. The second-order valence-corrected chi connectivity index (χ2v) is 8.84. The molecule has 206 valence electrons. The predicted octanol–water partition coefficient (Wildman–Crippen LogP) is 6.28. The highest BCUT2D eigenvalue weighted by molar-refractivity contribution is 5.93. The van der Waals surface area contributed by atoms with Gasteiger partial charge < -0.3 is 26.0 Å². The number of halogens is 3. The SMILES string of the molecule is Nc1ccc(CC/C(=C\c2ccc(C(=O)Oc3ccc(OCCCCC(F)(F)F)cc3)cc2)C(=O)O)c(N)c1. The lowest BCUT2D eigenvalue weighted by molar-refractivity contribution is -0.136. The largest absolute Gasteiger partial charge is 0.494 e. The summed E-state index contributed by atoms with van der Waals surface area (Å²) in [5.41, 5.74) is 14.6. The minimum absolute atomic E-state index is 0.00978. The van der Waals surface area contributed by atoms with Crippen LogP contribution in [0.25, 0.3) is 6.08 Å². The molecular formula is C29H29F3N2O5. The number of carboxylic acid groups (broad SMARTS) is 1. The maximum Gasteiger partial charge on any atom is 0.389 e. The van der Waals surface area contributed by atoms with Gasteiger partial charge in [0.1, 0.15) is 11.5 Å². The number of hydrogen-bond donors (Lipinski definition) is 3. The van der Waals surface area contributed by atoms with Crippen molar-refractivity contribution >= 4 is 29.4 Å². The summed E-state index contributed by atoms with van der Waals surface area (Å²) in [6.45, 7) is 0.148. The topological polar surface area (TPSA) is 125 Å². The lowest BCUT2D eigenvalue weighted by atomic mass is 10.0. The fraction of sp³-hybridized carbons (Fsp3) is 0.241. The summed E-state index contributed by atoms with van der Waals surface area (Å²) in [6, 6.07) is 17.6. The van der Waals surface area contributed by atoms with Crippen LogP contribution in [-0.4, -0.2) is 29.8 Å². The van der Waals surface area contributed by atoms with Crippen LogP contribution in [0, 0.1) is 0 Å². The minimum atomic E-state index is -4.17. The zero-order chi connectivity index (χ0) is 28.4. The first kappa shape index (κ1) is 29.1. The van der Waals surface area contributed by atoms with Crippen molar-refractivity contribution in [3.8, 4) is 11.5 Å². The highest BCUT2D eigenvalue weighted by atomic mass is 19.4. The third-order valence-electron chi connectivity index (χ3n) is 5.75. The summed E-state index contributed by atoms with van der Waals surface area (Å²) in [7, 11) is 0. The highest BCUT2D eigenvalue weighted by Gasteiger charge is 2.25. The van der Waals surface area contributed by atoms with Crippen molar-refractivity contribution < 1.29 is 37.3 Å². The van der Waals surface area contributed by atoms with E-state index in [1.807, 2.05) is 0 Å². The number of esters is 1. The van der Waals surface area contributed by atoms with E-state index in [-0.39, 0.29) is 42.8 Å². The van der Waals surface area contributed by atoms with Gasteiger partial charge in [0.15, 0.2) is 0 Å². The Kier molecular flexibility index (Phi) is 9.97. The number of carbonyl (C=O) groups excluding carboxylic acids is 1. The van der Waals surface area contributed by atoms with Crippen LogP contribution in [-0.2, 0) is 11.2 Å². The number of aryl methyl sites for hydroxylation is 1. The lowest BCUT2D eigenvalue weighted by Crippen LogP contribution is -2.08. The number of benzene rings is 3. The smallest absolute Gasteiger partial charge is 0.389 e. The molecule has 0 atom stereocenters. The number of anilines is 2. The molecule has 0 aliphatic heterocycles. The van der Waals surface area contributed by atoms with E-state index in [0.717, 1.165) is 5.56 Å². The van der Waals surface area contributed by atoms with E-state index in [1.165, 1.54) is 30.3 Å². The van der Waals surface area contributed by atoms with E-state index in [1.54, 1.807) is 42.5 Å². The monoisotopic (exact) mass is 542 g/mol. The molecule has 0 radical (unpaired) electrons. The van der Waals surface area contributed by atoms with Crippen molar-refractivity contribution in [2.45, 2.75) is 38.3 Å². The fourth-order valence-corrected chi connectivity index (χ4v) is 3.66. The number of aliphatic carboxylic acids is 1. The van der Waals surface area contributed by atoms with Gasteiger partial charge in [-0.15, -0.1) is 0 Å². The molecule has 3 rings (SSSR count). The molecule has 0 aromatic heterocycles. The summed E-state index contributed by atoms with van der Waals surface area (Å²) in [5.74, 6) is -0.945. The van der Waals surface area contributed by atoms with Crippen molar-refractivity contribution in [1.29, 1.82) is 0 Å². The summed E-state index contributed by atoms with van der Waals surface area (Å²) in [6.07, 6.45) is -2.54. The van der Waals surface area contributed by atoms with Crippen LogP contribution in [0.4, 0.5) is 24.5 Å². The standard InChI is InChI=1S/C29H29F3N2O5/c30-29(31,32)15-1-2-16-38-24-11-13-25(14-12-24)39-28(37)21-5-3-19(4-6-21)17-22(27(35)36)8-7-20-9-10-23(33)18-26(20)34/h3-6,9-14,17-18H,1-2,7-8,15-16,33-34H2,(H,35,36)/b22-17+. The second-order valence-electron chi connectivity index (χ2n) is 8.84. The highest BCUT2D eigenvalue weighted by Crippen LogP contribution is 2.24. The van der Waals surface area contributed by atoms with E-state index in [0.29, 0.717) is 29.1 Å². The van der Waals surface area contributed by atoms with Gasteiger partial charge in [-0.05, 0) is 91.4 Å². The minimum Gasteiger partial charge on any atom is -0.494 e. The van der Waals surface area contributed by atoms with Crippen molar-refractivity contribution in [3.05, 3.63) is 89.0 Å². The van der Waals surface area contributed by atoms with Crippen LogP contribution >= 0.6 is 0 Å². The summed E-state index contributed by atoms with van der Waals surface area (Å²) >= 11 is 0. The average Bonchev–Trinajstić information content (AvgIpc) is 2.87. The number of carboxylic acids is 1. The van der Waals surface area contributed by atoms with Crippen molar-refractivity contribution in [2.24, 2.45) is 0 Å². The Morgan fingerprint density at radius 3 is 2.18 bits per heavy atom. The zero-order valence-electron chi connectivity index (χ0n) is 21.0. The molecule has 0 saturated heterocycles. The summed E-state index contributed by atoms with van der Waals surface area (Å²) in [4.78, 5) is 24.3. The van der Waals surface area contributed by atoms with Gasteiger partial charge >= 0.3 is 18.1 Å². The van der Waals surface area contributed by atoms with E-state index < -0.39 is 24.5 Å². The van der Waals surface area contributed by atoms with Crippen molar-refractivity contribution in [2.75, 3.05) is 18.1 Å². The molecule has 39 heavy (non-hydrogen) atoms. The summed E-state index contributed by atoms with van der Waals surface area (Å²) in [5, 5.41) is 9.61. The van der Waals surface area contributed by atoms with Crippen LogP contribution in [0.2, 0.25) is 0 Å². The van der Waals surface area contributed by atoms with Crippen LogP contribution in [0.3, 0.4) is 0 Å². The van der Waals surface area contributed by atoms with Gasteiger partial charge in [-0.1, -0.05) is 18.2 Å². The molecule has 0 amide bonds. The van der Waals surface area contributed by atoms with E-state index in [4.69, 9.17) is 20.9 Å². The maximum atomic E-state index is 12.5. The van der Waals surface area contributed by atoms with Crippen LogP contribution in [0.1, 0.15) is 47.2 Å². The molecule has 0 unspecified atom stereocenters. The fourth-order valence-electron chi connectivity index (χ4n) is 3.66. The number of nitrogens with two attached hydrogens (primary N) is 2. The quantitative estimate of drug-likeness (QED) is 0.0808. The van der Waals surface area contributed by atoms with Gasteiger partial charge in [0.05, 0.1) is 12.2 Å². The first-order valence-corrected chi connectivity index (χ1v) is 12.2. The Balaban J connectivity index is 1.53. The second kappa shape index (κ2) is 13.4. The molecule has 10 heteroatoms. The Labute approximate surface area is 223 Å². The Morgan fingerprint density at radius 1 is 0.897 bits per heavy atom. The molecule has 0 aliphatic carbocycles. The van der Waals surface area contributed by atoms with Gasteiger partial charge in [-0.3, -0.25) is 0 Å². The van der Waals surface area contributed by atoms with Crippen LogP contribution in [0.5, 0.6) is 11.5 Å². The number of nitrogen functional groups attached to an aromatic ring is 2. The first-order valence-electron chi connectivity index (χ1n) is 12.2. The van der Waals surface area contributed by atoms with Gasteiger partial charge in [-0.25, -0.2) is 9.59 Å². The molecule has 5 N–H and O–H groups in total. The van der Waals surface area contributed by atoms with Gasteiger partial charge in [0.25, 0.3) is 0 Å². The Bertz CT molecular complexity index is 1300. The van der Waals surface area contributed by atoms with Crippen molar-refractivity contribution in [1.82, 2.24) is 0 Å². The van der Waals surface area contributed by atoms with Gasteiger partial charge in [0.2, 0.25) is 0 Å². The molecular weight excluding hydrogens is 513 g/mol. The number of rotatable bonds is 12. The molecule has 0 heterocycles. The molecule has 0 fully saturated rings. The van der Waals surface area contributed by atoms with Crippen LogP contribution in [0.15, 0.2) is 72.3 Å². The maximum absolute atomic E-state index is 12.5. The Morgan fingerprint density at radius 2 is 1.56 bits per heavy atom. The number of alkyl halides is 3. The first-order chi connectivity index (χ1) is 18.5. The molecule has 0 bridgehead atoms. The average molecular weight is 543 g/mol. The lowest BCUT2D eigenvalue weighted by Gasteiger charge is -2.09. The molecule has 7 nitrogen and oxygen atoms in total. The molecule has 0 spiro atoms. The van der Waals surface area contributed by atoms with Crippen LogP contribution < -0.4 is 20.9 Å². The number of hydrogen-bond acceptors (Lipinski definition) is 6. The van der Waals surface area contributed by atoms with E-state index in [2.05, 4.69) is 0 Å². The molecule has 3 aromatic carbocycles. The molecule has 0 saturated carbocycles. The van der Waals surface area contributed by atoms with E-state index in [9.17, 15) is 27.9 Å². The third kappa shape index (κ3) is 9.73. The summed E-state index contributed by atoms with van der Waals surface area (Å²) < 4.78 is 47.3. The molecule has 3 aromatic rings. The van der Waals surface area contributed by atoms with E-state index >= 15 is 0 Å². The predicted molar refractivity (Wildman–Crippen MR) is 142 cm³/mol. The van der Waals surface area contributed by atoms with Gasteiger partial charge in [0, 0.05) is 23.4 Å². The normalized spacial score (nSPS) is 11.7. The third-order valence-corrected chi connectivity index (χ3v) is 5.75. The number of unbranched alkanes of at least 4 members (excludes halogenated alkanes) is 1. The van der Waals surface area contributed by atoms with Crippen molar-refractivity contribution in [3.63, 3.8) is 0 Å². The number of carbonyl (C=O) groups is 2.